The van der Waals surface area contributed by atoms with Crippen LogP contribution in [0, 0.1) is 12.7 Å². The van der Waals surface area contributed by atoms with Gasteiger partial charge in [0.05, 0.1) is 72.9 Å². The van der Waals surface area contributed by atoms with Crippen molar-refractivity contribution in [1.82, 2.24) is 20.1 Å². The number of ether oxygens (including phenoxy) is 4. The molecule has 1 atom stereocenters. The highest BCUT2D eigenvalue weighted by Crippen LogP contribution is 2.51. The summed E-state index contributed by atoms with van der Waals surface area (Å²) in [5.41, 5.74) is 0.643. The second-order valence-electron chi connectivity index (χ2n) is 15.1. The predicted octanol–water partition coefficient (Wildman–Crippen LogP) is 11.1. The van der Waals surface area contributed by atoms with Gasteiger partial charge in [0.25, 0.3) is 0 Å². The molecule has 0 aliphatic carbocycles. The maximum absolute atomic E-state index is 17.6. The maximum atomic E-state index is 17.6. The third-order valence-electron chi connectivity index (χ3n) is 11.1. The molecule has 1 unspecified atom stereocenters. The lowest BCUT2D eigenvalue weighted by Gasteiger charge is -2.32. The van der Waals surface area contributed by atoms with Gasteiger partial charge in [-0.3, -0.25) is 0 Å². The number of anilines is 3. The molecule has 4 heterocycles. The van der Waals surface area contributed by atoms with Crippen LogP contribution < -0.4 is 34.5 Å². The van der Waals surface area contributed by atoms with E-state index < -0.39 is 40.6 Å². The highest BCUT2D eigenvalue weighted by molar-refractivity contribution is 6.37. The van der Waals surface area contributed by atoms with Crippen molar-refractivity contribution in [3.05, 3.63) is 152 Å². The van der Waals surface area contributed by atoms with Crippen LogP contribution in [0.4, 0.5) is 34.9 Å². The lowest BCUT2D eigenvalue weighted by atomic mass is 9.95. The van der Waals surface area contributed by atoms with Crippen LogP contribution in [-0.2, 0) is 25.8 Å². The van der Waals surface area contributed by atoms with Gasteiger partial charge >= 0.3 is 6.18 Å². The van der Waals surface area contributed by atoms with Crippen LogP contribution >= 0.6 is 23.2 Å². The third kappa shape index (κ3) is 9.27. The molecule has 2 aliphatic heterocycles. The normalized spacial score (nSPS) is 13.6. The number of hydrogen-bond acceptors (Lipinski definition) is 12. The number of methoxy groups -OCH3 is 3. The van der Waals surface area contributed by atoms with Crippen molar-refractivity contribution in [3.63, 3.8) is 0 Å². The fraction of sp³-hybridized carbons (Fsp3) is 0.234. The molecule has 12 nitrogen and oxygen atoms in total. The third-order valence-corrected chi connectivity index (χ3v) is 11.6. The van der Waals surface area contributed by atoms with E-state index in [0.717, 1.165) is 22.4 Å². The first-order valence-electron chi connectivity index (χ1n) is 20.2. The minimum Gasteiger partial charge on any atom is -0.497 e. The van der Waals surface area contributed by atoms with Crippen molar-refractivity contribution >= 4 is 46.4 Å². The first kappa shape index (κ1) is 44.8. The number of aryl methyl sites for hydroxylation is 1. The summed E-state index contributed by atoms with van der Waals surface area (Å²) in [6.45, 7) is 3.91. The number of benzene rings is 4. The lowest BCUT2D eigenvalue weighted by Crippen LogP contribution is -2.33. The molecule has 2 aliphatic rings. The summed E-state index contributed by atoms with van der Waals surface area (Å²) in [7, 11) is 4.70. The topological polar surface area (TPSA) is 118 Å². The lowest BCUT2D eigenvalue weighted by molar-refractivity contribution is -0.137. The monoisotopic (exact) mass is 928 g/mol. The van der Waals surface area contributed by atoms with Gasteiger partial charge in [-0.15, -0.1) is 5.10 Å². The van der Waals surface area contributed by atoms with Crippen LogP contribution in [0.5, 0.6) is 23.0 Å². The van der Waals surface area contributed by atoms with Crippen LogP contribution in [0.1, 0.15) is 51.9 Å². The second-order valence-corrected chi connectivity index (χ2v) is 15.9. The van der Waals surface area contributed by atoms with Gasteiger partial charge in [0.2, 0.25) is 5.22 Å². The number of nitrogens with one attached hydrogen (secondary N) is 2. The molecule has 0 bridgehead atoms. The first-order valence-corrected chi connectivity index (χ1v) is 21.0. The summed E-state index contributed by atoms with van der Waals surface area (Å²) in [6.07, 6.45) is -2.02. The SMILES string of the molecule is COc1ccc(CNc2nnccc2C(C)N2C=C(Cl)Oc3c(F)c(-c4nc(N(Cc5ccc(OC)cc5)Cc5ccc(OC)cc5)cc(C)c4C(F)(F)F)c(Cl)c4c3C2=NCN4)cc1. The Bertz CT molecular complexity index is 2730. The molecule has 8 rings (SSSR count). The van der Waals surface area contributed by atoms with Gasteiger partial charge in [-0.2, -0.15) is 18.3 Å². The van der Waals surface area contributed by atoms with Gasteiger partial charge in [-0.05, 0) is 96.2 Å². The number of rotatable bonds is 14. The highest BCUT2D eigenvalue weighted by Gasteiger charge is 2.42. The van der Waals surface area contributed by atoms with E-state index in [2.05, 4.69) is 25.8 Å². The number of aliphatic imine (C=N–C) groups is 1. The van der Waals surface area contributed by atoms with Gasteiger partial charge in [-0.1, -0.05) is 48.0 Å². The van der Waals surface area contributed by atoms with Crippen molar-refractivity contribution in [1.29, 1.82) is 0 Å². The van der Waals surface area contributed by atoms with E-state index >= 15 is 17.6 Å². The van der Waals surface area contributed by atoms with Crippen LogP contribution in [0.2, 0.25) is 5.02 Å². The van der Waals surface area contributed by atoms with Crippen LogP contribution in [0.25, 0.3) is 11.3 Å². The molecule has 18 heteroatoms. The average Bonchev–Trinajstić information content (AvgIpc) is 3.46. The second kappa shape index (κ2) is 18.7. The zero-order chi connectivity index (χ0) is 46.0. The van der Waals surface area contributed by atoms with Crippen molar-refractivity contribution < 1.29 is 36.5 Å². The number of pyridine rings is 1. The van der Waals surface area contributed by atoms with E-state index in [9.17, 15) is 0 Å². The Kier molecular flexibility index (Phi) is 12.9. The molecule has 4 aromatic carbocycles. The predicted molar refractivity (Wildman–Crippen MR) is 242 cm³/mol. The molecule has 0 saturated heterocycles. The molecule has 0 spiro atoms. The molecule has 2 N–H and O–H groups in total. The molecule has 336 valence electrons. The summed E-state index contributed by atoms with van der Waals surface area (Å²) < 4.78 is 85.4. The molecule has 6 aromatic rings. The Hall–Kier alpha value is -6.78. The van der Waals surface area contributed by atoms with Crippen LogP contribution in [0.3, 0.4) is 0 Å². The molecule has 0 fully saturated rings. The minimum absolute atomic E-state index is 0.0538. The van der Waals surface area contributed by atoms with Gasteiger partial charge in [-0.25, -0.2) is 14.4 Å². The van der Waals surface area contributed by atoms with Crippen molar-refractivity contribution in [3.8, 4) is 34.3 Å². The molecule has 0 saturated carbocycles. The Morgan fingerprint density at radius 3 is 2.02 bits per heavy atom. The summed E-state index contributed by atoms with van der Waals surface area (Å²) in [5.74, 6) is 1.06. The number of alkyl halides is 3. The Morgan fingerprint density at radius 1 is 0.862 bits per heavy atom. The van der Waals surface area contributed by atoms with Crippen molar-refractivity contribution in [2.45, 2.75) is 45.7 Å². The number of aromatic nitrogens is 3. The number of amidine groups is 1. The van der Waals surface area contributed by atoms with Crippen LogP contribution in [-0.4, -0.2) is 53.9 Å². The van der Waals surface area contributed by atoms with E-state index in [4.69, 9.17) is 47.1 Å². The summed E-state index contributed by atoms with van der Waals surface area (Å²) in [6, 6.07) is 24.6. The molecule has 2 aromatic heterocycles. The Balaban J connectivity index is 1.22. The van der Waals surface area contributed by atoms with Crippen molar-refractivity contribution in [2.24, 2.45) is 4.99 Å². The maximum Gasteiger partial charge on any atom is 0.418 e. The van der Waals surface area contributed by atoms with Gasteiger partial charge in [0, 0.05) is 25.2 Å². The zero-order valence-electron chi connectivity index (χ0n) is 35.7. The summed E-state index contributed by atoms with van der Waals surface area (Å²) >= 11 is 13.8. The van der Waals surface area contributed by atoms with Crippen LogP contribution in [0.15, 0.2) is 108 Å². The van der Waals surface area contributed by atoms with E-state index in [1.54, 1.807) is 61.5 Å². The molecular weight excluding hydrogens is 887 g/mol. The van der Waals surface area contributed by atoms with Crippen molar-refractivity contribution in [2.75, 3.05) is 43.5 Å². The quantitative estimate of drug-likeness (QED) is 0.102. The average molecular weight is 930 g/mol. The first-order chi connectivity index (χ1) is 31.3. The fourth-order valence-electron chi connectivity index (χ4n) is 7.80. The van der Waals surface area contributed by atoms with E-state index in [-0.39, 0.29) is 58.5 Å². The molecular formula is C47H42Cl2F4N8O4. The standard InChI is InChI=1S/C47H42Cl2F4N8O4/c1-26-20-36(60(22-29-8-14-32(63-4)15-9-29)23-30-10-16-33(64-5)17-11-30)58-42(39(26)47(51,52)53)37-40(49)43-38-44(41(37)50)65-35(48)24-61(46(38)56-25-55-43)27(2)34-18-19-57-59-45(34)54-21-28-6-12-31(62-3)13-7-28/h6-20,24,27,55H,21-23,25H2,1-5H3,(H,54,59). The smallest absolute Gasteiger partial charge is 0.418 e. The molecule has 0 amide bonds. The number of nitrogens with zero attached hydrogens (tertiary/aromatic N) is 6. The largest absolute Gasteiger partial charge is 0.497 e. The fourth-order valence-corrected chi connectivity index (χ4v) is 8.31. The van der Waals surface area contributed by atoms with E-state index in [0.29, 0.717) is 29.4 Å². The van der Waals surface area contributed by atoms with E-state index in [1.165, 1.54) is 25.4 Å². The number of halogens is 6. The summed E-state index contributed by atoms with van der Waals surface area (Å²) in [4.78, 5) is 12.8. The Labute approximate surface area is 382 Å². The Morgan fingerprint density at radius 2 is 1.45 bits per heavy atom. The zero-order valence-corrected chi connectivity index (χ0v) is 37.2. The van der Waals surface area contributed by atoms with Gasteiger partial charge in [0.15, 0.2) is 17.4 Å². The minimum atomic E-state index is -4.98. The molecule has 0 radical (unpaired) electrons. The highest BCUT2D eigenvalue weighted by atomic mass is 35.5. The van der Waals surface area contributed by atoms with E-state index in [1.807, 2.05) is 55.5 Å². The summed E-state index contributed by atoms with van der Waals surface area (Å²) in [5, 5.41) is 14.2. The van der Waals surface area contributed by atoms with Gasteiger partial charge in [0.1, 0.15) is 35.6 Å². The van der Waals surface area contributed by atoms with Gasteiger partial charge < -0.3 is 39.4 Å². The molecule has 65 heavy (non-hydrogen) atoms. The number of hydrogen-bond donors (Lipinski definition) is 2.